The highest BCUT2D eigenvalue weighted by molar-refractivity contribution is 5.37. The molecule has 2 rings (SSSR count). The third-order valence-corrected chi connectivity index (χ3v) is 3.64. The van der Waals surface area contributed by atoms with Crippen LogP contribution in [0.5, 0.6) is 0 Å². The molecule has 0 aromatic heterocycles. The molecule has 0 bridgehead atoms. The predicted molar refractivity (Wildman–Crippen MR) is 70.9 cm³/mol. The fourth-order valence-electron chi connectivity index (χ4n) is 2.60. The van der Waals surface area contributed by atoms with E-state index in [4.69, 9.17) is 0 Å². The highest BCUT2D eigenvalue weighted by Gasteiger charge is 2.15. The quantitative estimate of drug-likeness (QED) is 0.680. The molecule has 1 aliphatic rings. The minimum absolute atomic E-state index is 0.456. The Morgan fingerprint density at radius 1 is 1.06 bits per heavy atom. The molecule has 0 heterocycles. The zero-order valence-corrected chi connectivity index (χ0v) is 11.0. The highest BCUT2D eigenvalue weighted by Crippen LogP contribution is 2.28. The topological polar surface area (TPSA) is 0 Å². The van der Waals surface area contributed by atoms with Crippen LogP contribution in [-0.2, 0) is 19.3 Å². The normalized spacial score (nSPS) is 15.9. The van der Waals surface area contributed by atoms with Crippen LogP contribution in [0.1, 0.15) is 56.7 Å². The molecule has 0 unspecified atom stereocenters. The first-order chi connectivity index (χ1) is 7.56. The molecule has 0 atom stereocenters. The van der Waals surface area contributed by atoms with Gasteiger partial charge in [-0.25, -0.2) is 0 Å². The molecule has 0 spiro atoms. The monoisotopic (exact) mass is 216 g/mol. The second kappa shape index (κ2) is 4.61. The van der Waals surface area contributed by atoms with Crippen LogP contribution < -0.4 is 0 Å². The van der Waals surface area contributed by atoms with Gasteiger partial charge in [0.15, 0.2) is 0 Å². The van der Waals surface area contributed by atoms with Gasteiger partial charge in [0.25, 0.3) is 0 Å². The van der Waals surface area contributed by atoms with E-state index in [-0.39, 0.29) is 0 Å². The Balaban J connectivity index is 2.15. The highest BCUT2D eigenvalue weighted by atomic mass is 14.2. The van der Waals surface area contributed by atoms with Gasteiger partial charge in [0.1, 0.15) is 0 Å². The van der Waals surface area contributed by atoms with E-state index in [2.05, 4.69) is 39.0 Å². The van der Waals surface area contributed by atoms with Gasteiger partial charge >= 0.3 is 0 Å². The van der Waals surface area contributed by atoms with Gasteiger partial charge in [-0.2, -0.15) is 0 Å². The van der Waals surface area contributed by atoms with E-state index >= 15 is 0 Å². The Kier molecular flexibility index (Phi) is 3.37. The van der Waals surface area contributed by atoms with Gasteiger partial charge in [-0.05, 0) is 60.6 Å². The third-order valence-electron chi connectivity index (χ3n) is 3.64. The van der Waals surface area contributed by atoms with Crippen molar-refractivity contribution in [3.63, 3.8) is 0 Å². The number of benzene rings is 1. The number of hydrogen-bond acceptors (Lipinski definition) is 0. The summed E-state index contributed by atoms with van der Waals surface area (Å²) in [6.07, 6.45) is 7.94. The molecular formula is C16H24. The smallest absolute Gasteiger partial charge is 0.0271 e. The first-order valence-corrected chi connectivity index (χ1v) is 6.66. The van der Waals surface area contributed by atoms with Crippen molar-refractivity contribution in [1.29, 1.82) is 0 Å². The largest absolute Gasteiger partial charge is 0.0617 e. The molecule has 0 N–H and O–H groups in total. The average Bonchev–Trinajstić information content (AvgIpc) is 2.25. The fraction of sp³-hybridized carbons (Fsp3) is 0.625. The van der Waals surface area contributed by atoms with Gasteiger partial charge < -0.3 is 0 Å². The summed E-state index contributed by atoms with van der Waals surface area (Å²) in [5.41, 5.74) is 5.37. The Morgan fingerprint density at radius 2 is 1.81 bits per heavy atom. The maximum atomic E-state index is 2.34. The maximum Gasteiger partial charge on any atom is -0.0271 e. The first kappa shape index (κ1) is 11.7. The number of hydrogen-bond donors (Lipinski definition) is 0. The summed E-state index contributed by atoms with van der Waals surface area (Å²) in [5, 5.41) is 0. The minimum Gasteiger partial charge on any atom is -0.0617 e. The van der Waals surface area contributed by atoms with Gasteiger partial charge in [-0.3, -0.25) is 0 Å². The summed E-state index contributed by atoms with van der Waals surface area (Å²) in [6, 6.07) is 6.92. The summed E-state index contributed by atoms with van der Waals surface area (Å²) in [5.74, 6) is 0. The number of fused-ring (bicyclic) bond motifs is 1. The van der Waals surface area contributed by atoms with E-state index in [1.807, 2.05) is 0 Å². The maximum absolute atomic E-state index is 2.34. The molecule has 1 aromatic carbocycles. The van der Waals surface area contributed by atoms with E-state index in [0.29, 0.717) is 5.41 Å². The van der Waals surface area contributed by atoms with Crippen molar-refractivity contribution < 1.29 is 0 Å². The lowest BCUT2D eigenvalue weighted by Crippen LogP contribution is -2.10. The van der Waals surface area contributed by atoms with Crippen LogP contribution in [0.15, 0.2) is 18.2 Å². The van der Waals surface area contributed by atoms with E-state index in [0.717, 1.165) is 0 Å². The molecule has 16 heavy (non-hydrogen) atoms. The number of rotatable bonds is 2. The third kappa shape index (κ3) is 2.87. The molecule has 0 saturated heterocycles. The molecule has 0 heteroatoms. The Labute approximate surface area is 100 Å². The van der Waals surface area contributed by atoms with Crippen molar-refractivity contribution in [3.05, 3.63) is 34.9 Å². The fourth-order valence-corrected chi connectivity index (χ4v) is 2.60. The first-order valence-electron chi connectivity index (χ1n) is 6.66. The standard InChI is InChI=1S/C16H24/c1-16(2,3)12-11-14-9-6-8-13-7-4-5-10-15(13)14/h6,8-9H,4-5,7,10-12H2,1-3H3. The van der Waals surface area contributed by atoms with Gasteiger partial charge in [0.05, 0.1) is 0 Å². The van der Waals surface area contributed by atoms with E-state index in [1.54, 1.807) is 16.7 Å². The van der Waals surface area contributed by atoms with Crippen LogP contribution in [0.25, 0.3) is 0 Å². The van der Waals surface area contributed by atoms with Crippen LogP contribution in [-0.4, -0.2) is 0 Å². The van der Waals surface area contributed by atoms with Crippen molar-refractivity contribution in [2.24, 2.45) is 5.41 Å². The second-order valence-corrected chi connectivity index (χ2v) is 6.32. The van der Waals surface area contributed by atoms with E-state index < -0.39 is 0 Å². The molecule has 0 amide bonds. The lowest BCUT2D eigenvalue weighted by Gasteiger charge is -2.22. The van der Waals surface area contributed by atoms with Crippen molar-refractivity contribution in [3.8, 4) is 0 Å². The lowest BCUT2D eigenvalue weighted by atomic mass is 9.83. The van der Waals surface area contributed by atoms with Gasteiger partial charge in [-0.1, -0.05) is 39.0 Å². The molecule has 0 aliphatic heterocycles. The van der Waals surface area contributed by atoms with Crippen LogP contribution in [0.4, 0.5) is 0 Å². The Hall–Kier alpha value is -0.780. The van der Waals surface area contributed by atoms with Crippen LogP contribution in [0.3, 0.4) is 0 Å². The average molecular weight is 216 g/mol. The van der Waals surface area contributed by atoms with Crippen LogP contribution in [0, 0.1) is 5.41 Å². The van der Waals surface area contributed by atoms with Crippen LogP contribution >= 0.6 is 0 Å². The van der Waals surface area contributed by atoms with E-state index in [1.165, 1.54) is 38.5 Å². The lowest BCUT2D eigenvalue weighted by molar-refractivity contribution is 0.377. The summed E-state index contributed by atoms with van der Waals surface area (Å²) in [4.78, 5) is 0. The summed E-state index contributed by atoms with van der Waals surface area (Å²) in [7, 11) is 0. The number of aryl methyl sites for hydroxylation is 2. The molecule has 0 fully saturated rings. The van der Waals surface area contributed by atoms with Crippen molar-refractivity contribution in [2.45, 2.75) is 59.3 Å². The zero-order chi connectivity index (χ0) is 11.6. The Morgan fingerprint density at radius 3 is 2.56 bits per heavy atom. The summed E-state index contributed by atoms with van der Waals surface area (Å²) < 4.78 is 0. The van der Waals surface area contributed by atoms with Gasteiger partial charge in [0, 0.05) is 0 Å². The van der Waals surface area contributed by atoms with Gasteiger partial charge in [-0.15, -0.1) is 0 Å². The van der Waals surface area contributed by atoms with Crippen molar-refractivity contribution in [1.82, 2.24) is 0 Å². The van der Waals surface area contributed by atoms with Crippen LogP contribution in [0.2, 0.25) is 0 Å². The molecular weight excluding hydrogens is 192 g/mol. The molecule has 1 aromatic rings. The predicted octanol–water partition coefficient (Wildman–Crippen LogP) is 4.54. The molecule has 0 saturated carbocycles. The second-order valence-electron chi connectivity index (χ2n) is 6.32. The molecule has 1 aliphatic carbocycles. The summed E-state index contributed by atoms with van der Waals surface area (Å²) >= 11 is 0. The van der Waals surface area contributed by atoms with Crippen molar-refractivity contribution in [2.75, 3.05) is 0 Å². The molecule has 0 nitrogen and oxygen atoms in total. The Bertz CT molecular complexity index is 355. The summed E-state index contributed by atoms with van der Waals surface area (Å²) in [6.45, 7) is 7.01. The molecule has 0 radical (unpaired) electrons. The van der Waals surface area contributed by atoms with Crippen molar-refractivity contribution >= 4 is 0 Å². The molecule has 88 valence electrons. The SMILES string of the molecule is CC(C)(C)CCc1cccc2c1CCCC2. The van der Waals surface area contributed by atoms with E-state index in [9.17, 15) is 0 Å². The zero-order valence-electron chi connectivity index (χ0n) is 11.0. The van der Waals surface area contributed by atoms with Gasteiger partial charge in [0.2, 0.25) is 0 Å². The minimum atomic E-state index is 0.456.